The predicted molar refractivity (Wildman–Crippen MR) is 64.8 cm³/mol. The van der Waals surface area contributed by atoms with Gasteiger partial charge < -0.3 is 9.25 Å². The molecule has 2 rings (SSSR count). The summed E-state index contributed by atoms with van der Waals surface area (Å²) in [5.41, 5.74) is 0.763. The minimum atomic E-state index is -0.136. The molecule has 0 unspecified atom stereocenters. The second-order valence-corrected chi connectivity index (χ2v) is 3.99. The van der Waals surface area contributed by atoms with Gasteiger partial charge in [0.1, 0.15) is 19.0 Å². The Kier molecular flexibility index (Phi) is 3.05. The Labute approximate surface area is 99.6 Å². The molecule has 0 radical (unpaired) electrons. The van der Waals surface area contributed by atoms with Crippen molar-refractivity contribution in [3.63, 3.8) is 0 Å². The molecule has 1 heterocycles. The normalized spacial score (nSPS) is 11.1. The van der Waals surface area contributed by atoms with Gasteiger partial charge in [-0.3, -0.25) is 4.79 Å². The van der Waals surface area contributed by atoms with E-state index in [0.29, 0.717) is 16.5 Å². The van der Waals surface area contributed by atoms with Crippen LogP contribution in [0.1, 0.15) is 5.56 Å². The molecule has 0 saturated carbocycles. The lowest BCUT2D eigenvalue weighted by atomic mass is 10.2. The fourth-order valence-corrected chi connectivity index (χ4v) is 1.68. The Morgan fingerprint density at radius 1 is 1.50 bits per heavy atom. The van der Waals surface area contributed by atoms with E-state index in [1.54, 1.807) is 12.1 Å². The Morgan fingerprint density at radius 2 is 2.31 bits per heavy atom. The predicted octanol–water partition coefficient (Wildman–Crippen LogP) is 2.54. The van der Waals surface area contributed by atoms with Crippen LogP contribution in [0.3, 0.4) is 0 Å². The molecule has 0 spiro atoms. The molecule has 1 aromatic heterocycles. The van der Waals surface area contributed by atoms with E-state index in [9.17, 15) is 4.79 Å². The highest BCUT2D eigenvalue weighted by atomic mass is 79.9. The van der Waals surface area contributed by atoms with Crippen LogP contribution in [-0.4, -0.2) is 13.3 Å². The van der Waals surface area contributed by atoms with Crippen molar-refractivity contribution < 1.29 is 9.25 Å². The Hall–Kier alpha value is -1.62. The Morgan fingerprint density at radius 3 is 3.06 bits per heavy atom. The summed E-state index contributed by atoms with van der Waals surface area (Å²) in [5.74, 6) is 0. The fraction of sp³-hybridized carbons (Fsp3) is 0.0909. The molecular weight excluding hydrogens is 274 g/mol. The van der Waals surface area contributed by atoms with Gasteiger partial charge in [0.15, 0.2) is 0 Å². The van der Waals surface area contributed by atoms with Crippen molar-refractivity contribution in [1.29, 1.82) is 0 Å². The lowest BCUT2D eigenvalue weighted by molar-refractivity contribution is 0.215. The maximum Gasteiger partial charge on any atom is 0.201 e. The molecule has 0 N–H and O–H groups in total. The summed E-state index contributed by atoms with van der Waals surface area (Å²) in [6.45, 7) is 0. The third kappa shape index (κ3) is 1.99. The van der Waals surface area contributed by atoms with Gasteiger partial charge >= 0.3 is 0 Å². The van der Waals surface area contributed by atoms with Crippen LogP contribution in [0.15, 0.2) is 43.3 Å². The zero-order valence-corrected chi connectivity index (χ0v) is 10.0. The van der Waals surface area contributed by atoms with Crippen molar-refractivity contribution in [2.45, 2.75) is 0 Å². The molecule has 0 fully saturated rings. The van der Waals surface area contributed by atoms with E-state index in [1.165, 1.54) is 19.6 Å². The van der Waals surface area contributed by atoms with Crippen molar-refractivity contribution in [1.82, 2.24) is 0 Å². The van der Waals surface area contributed by atoms with Crippen LogP contribution >= 0.6 is 15.9 Å². The van der Waals surface area contributed by atoms with Gasteiger partial charge in [0, 0.05) is 4.47 Å². The van der Waals surface area contributed by atoms with E-state index < -0.39 is 0 Å². The molecule has 0 bridgehead atoms. The molecule has 0 aliphatic carbocycles. The molecular formula is C11H8BrNO3. The van der Waals surface area contributed by atoms with Crippen LogP contribution in [0.2, 0.25) is 0 Å². The van der Waals surface area contributed by atoms with Crippen molar-refractivity contribution >= 4 is 33.1 Å². The van der Waals surface area contributed by atoms with Gasteiger partial charge in [-0.25, -0.2) is 0 Å². The fourth-order valence-electron chi connectivity index (χ4n) is 1.32. The van der Waals surface area contributed by atoms with Gasteiger partial charge in [-0.05, 0) is 18.2 Å². The average Bonchev–Trinajstić information content (AvgIpc) is 2.29. The molecule has 0 saturated heterocycles. The van der Waals surface area contributed by atoms with Crippen LogP contribution in [0.25, 0.3) is 11.0 Å². The molecule has 4 nitrogen and oxygen atoms in total. The number of benzene rings is 1. The minimum absolute atomic E-state index is 0.136. The lowest BCUT2D eigenvalue weighted by Gasteiger charge is -1.98. The SMILES string of the molecule is CO/N=C/c1coc2ccc(Br)cc2c1=O. The van der Waals surface area contributed by atoms with E-state index in [2.05, 4.69) is 25.9 Å². The second kappa shape index (κ2) is 4.49. The first-order chi connectivity index (χ1) is 7.72. The number of oxime groups is 1. The van der Waals surface area contributed by atoms with E-state index in [-0.39, 0.29) is 5.43 Å². The summed E-state index contributed by atoms with van der Waals surface area (Å²) in [4.78, 5) is 16.5. The number of rotatable bonds is 2. The summed E-state index contributed by atoms with van der Waals surface area (Å²) in [6.07, 6.45) is 2.69. The highest BCUT2D eigenvalue weighted by Gasteiger charge is 2.05. The number of fused-ring (bicyclic) bond motifs is 1. The van der Waals surface area contributed by atoms with Gasteiger partial charge in [-0.1, -0.05) is 21.1 Å². The first kappa shape index (κ1) is 10.9. The van der Waals surface area contributed by atoms with Gasteiger partial charge in [0.05, 0.1) is 17.2 Å². The highest BCUT2D eigenvalue weighted by molar-refractivity contribution is 9.10. The van der Waals surface area contributed by atoms with Crippen LogP contribution in [0.5, 0.6) is 0 Å². The van der Waals surface area contributed by atoms with Crippen LogP contribution in [0, 0.1) is 0 Å². The van der Waals surface area contributed by atoms with Gasteiger partial charge in [-0.15, -0.1) is 0 Å². The van der Waals surface area contributed by atoms with Crippen LogP contribution < -0.4 is 5.43 Å². The van der Waals surface area contributed by atoms with Gasteiger partial charge in [0.25, 0.3) is 0 Å². The van der Waals surface area contributed by atoms with Crippen LogP contribution in [-0.2, 0) is 4.84 Å². The molecule has 16 heavy (non-hydrogen) atoms. The molecule has 82 valence electrons. The molecule has 5 heteroatoms. The zero-order valence-electron chi connectivity index (χ0n) is 8.44. The third-order valence-corrected chi connectivity index (χ3v) is 2.55. The summed E-state index contributed by atoms with van der Waals surface area (Å²) in [5, 5.41) is 4.04. The number of nitrogens with zero attached hydrogens (tertiary/aromatic N) is 1. The van der Waals surface area contributed by atoms with Gasteiger partial charge in [-0.2, -0.15) is 0 Å². The monoisotopic (exact) mass is 281 g/mol. The maximum atomic E-state index is 12.0. The smallest absolute Gasteiger partial charge is 0.201 e. The van der Waals surface area contributed by atoms with E-state index in [0.717, 1.165) is 4.47 Å². The largest absolute Gasteiger partial charge is 0.463 e. The Balaban J connectivity index is 2.68. The van der Waals surface area contributed by atoms with E-state index in [1.807, 2.05) is 6.07 Å². The zero-order chi connectivity index (χ0) is 11.5. The first-order valence-electron chi connectivity index (χ1n) is 4.50. The quantitative estimate of drug-likeness (QED) is 0.628. The summed E-state index contributed by atoms with van der Waals surface area (Å²) >= 11 is 3.30. The second-order valence-electron chi connectivity index (χ2n) is 3.08. The van der Waals surface area contributed by atoms with Crippen molar-refractivity contribution in [3.8, 4) is 0 Å². The first-order valence-corrected chi connectivity index (χ1v) is 5.29. The van der Waals surface area contributed by atoms with E-state index in [4.69, 9.17) is 4.42 Å². The maximum absolute atomic E-state index is 12.0. The molecule has 0 atom stereocenters. The molecule has 2 aromatic rings. The summed E-state index contributed by atoms with van der Waals surface area (Å²) in [7, 11) is 1.41. The molecule has 0 aliphatic heterocycles. The number of hydrogen-bond donors (Lipinski definition) is 0. The molecule has 0 amide bonds. The topological polar surface area (TPSA) is 51.8 Å². The number of hydrogen-bond acceptors (Lipinski definition) is 4. The van der Waals surface area contributed by atoms with Crippen molar-refractivity contribution in [2.24, 2.45) is 5.16 Å². The minimum Gasteiger partial charge on any atom is -0.463 e. The van der Waals surface area contributed by atoms with Crippen molar-refractivity contribution in [3.05, 3.63) is 44.7 Å². The third-order valence-electron chi connectivity index (χ3n) is 2.06. The Bertz CT molecular complexity index is 604. The standard InChI is InChI=1S/C11H8BrNO3/c1-15-13-5-7-6-16-10-3-2-8(12)4-9(10)11(7)14/h2-6H,1H3/b13-5+. The van der Waals surface area contributed by atoms with Gasteiger partial charge in [0.2, 0.25) is 5.43 Å². The van der Waals surface area contributed by atoms with E-state index >= 15 is 0 Å². The molecule has 0 aliphatic rings. The lowest BCUT2D eigenvalue weighted by Crippen LogP contribution is -2.07. The summed E-state index contributed by atoms with van der Waals surface area (Å²) in [6, 6.07) is 5.26. The highest BCUT2D eigenvalue weighted by Crippen LogP contribution is 2.17. The average molecular weight is 282 g/mol. The summed E-state index contributed by atoms with van der Waals surface area (Å²) < 4.78 is 6.13. The van der Waals surface area contributed by atoms with Crippen LogP contribution in [0.4, 0.5) is 0 Å². The van der Waals surface area contributed by atoms with Crippen molar-refractivity contribution in [2.75, 3.05) is 7.11 Å². The molecule has 1 aromatic carbocycles. The number of halogens is 1.